The molecular weight excluding hydrogens is 155 g/mol. The molecule has 0 unspecified atom stereocenters. The topological polar surface area (TPSA) is 40.5 Å². The lowest BCUT2D eigenvalue weighted by molar-refractivity contribution is -0.835. The van der Waals surface area contributed by atoms with Gasteiger partial charge in [0.15, 0.2) is 0 Å². The molecule has 0 spiro atoms. The first-order valence-corrected chi connectivity index (χ1v) is 4.17. The average Bonchev–Trinajstić information content (AvgIpc) is 2.01. The number of aliphatic hydroxyl groups is 2. The van der Waals surface area contributed by atoms with E-state index < -0.39 is 6.19 Å². The molecule has 0 radical (unpaired) electrons. The van der Waals surface area contributed by atoms with Crippen molar-refractivity contribution < 1.29 is 19.0 Å². The van der Waals surface area contributed by atoms with Gasteiger partial charge in [-0.1, -0.05) is 0 Å². The zero-order valence-electron chi connectivity index (χ0n) is 8.28. The Morgan fingerprint density at radius 3 is 1.50 bits per heavy atom. The van der Waals surface area contributed by atoms with Crippen molar-refractivity contribution in [3.05, 3.63) is 6.19 Å². The van der Waals surface area contributed by atoms with E-state index in [0.717, 1.165) is 13.1 Å². The molecule has 0 aliphatic carbocycles. The van der Waals surface area contributed by atoms with Crippen molar-refractivity contribution in [2.45, 2.75) is 0 Å². The van der Waals surface area contributed by atoms with Gasteiger partial charge in [0.25, 0.3) is 0 Å². The van der Waals surface area contributed by atoms with Crippen LogP contribution in [0.3, 0.4) is 0 Å². The van der Waals surface area contributed by atoms with Gasteiger partial charge in [0.05, 0.1) is 28.2 Å². The second-order valence-electron chi connectivity index (χ2n) is 4.74. The van der Waals surface area contributed by atoms with Gasteiger partial charge in [-0.3, -0.25) is 0 Å². The molecule has 0 aromatic heterocycles. The fourth-order valence-electron chi connectivity index (χ4n) is 2.23. The molecule has 1 aliphatic rings. The van der Waals surface area contributed by atoms with Crippen LogP contribution < -0.4 is 0 Å². The zero-order valence-corrected chi connectivity index (χ0v) is 8.28. The lowest BCUT2D eigenvalue weighted by Gasteiger charge is -2.38. The molecule has 0 atom stereocenters. The van der Waals surface area contributed by atoms with E-state index in [1.807, 2.05) is 28.2 Å². The predicted molar refractivity (Wildman–Crippen MR) is 46.8 cm³/mol. The molecule has 1 aliphatic heterocycles. The molecule has 0 saturated carbocycles. The highest BCUT2D eigenvalue weighted by molar-refractivity contribution is 6.48. The average molecular weight is 173 g/mol. The summed E-state index contributed by atoms with van der Waals surface area (Å²) in [5.41, 5.74) is 0. The van der Waals surface area contributed by atoms with Crippen LogP contribution in [0.25, 0.3) is 0 Å². The Hall–Kier alpha value is -0.0951. The maximum Gasteiger partial charge on any atom is 0.560 e. The van der Waals surface area contributed by atoms with E-state index in [-0.39, 0.29) is 6.98 Å². The third kappa shape index (κ3) is 1.50. The van der Waals surface area contributed by atoms with Crippen molar-refractivity contribution in [3.8, 4) is 0 Å². The van der Waals surface area contributed by atoms with Gasteiger partial charge < -0.3 is 19.0 Å². The molecule has 1 fully saturated rings. The Labute approximate surface area is 74.3 Å². The van der Waals surface area contributed by atoms with Crippen LogP contribution in [-0.4, -0.2) is 67.3 Å². The second kappa shape index (κ2) is 2.70. The number of aliphatic hydroxyl groups excluding tert-OH is 1. The highest BCUT2D eigenvalue weighted by Gasteiger charge is 2.54. The van der Waals surface area contributed by atoms with E-state index in [2.05, 4.69) is 0 Å². The SMILES string of the molecule is C[N+]1(C)CC[N+](C)(C)B1[C-](O)O. The van der Waals surface area contributed by atoms with Gasteiger partial charge in [0.2, 0.25) is 0 Å². The number of rotatable bonds is 1. The zero-order chi connectivity index (χ0) is 9.57. The Kier molecular flexibility index (Phi) is 2.25. The van der Waals surface area contributed by atoms with E-state index in [4.69, 9.17) is 10.2 Å². The number of likely N-dealkylation sites (N-methyl/N-ethyl adjacent to an activating group) is 2. The summed E-state index contributed by atoms with van der Waals surface area (Å²) in [5, 5.41) is 18.3. The lowest BCUT2D eigenvalue weighted by Crippen LogP contribution is -2.63. The quantitative estimate of drug-likeness (QED) is 0.411. The van der Waals surface area contributed by atoms with Crippen LogP contribution in [0.5, 0.6) is 0 Å². The summed E-state index contributed by atoms with van der Waals surface area (Å²) < 4.78 is 1.30. The van der Waals surface area contributed by atoms with Gasteiger partial charge in [-0.2, -0.15) is 0 Å². The summed E-state index contributed by atoms with van der Waals surface area (Å²) in [6.07, 6.45) is -0.442. The van der Waals surface area contributed by atoms with Crippen LogP contribution in [0.1, 0.15) is 0 Å². The van der Waals surface area contributed by atoms with Crippen molar-refractivity contribution in [3.63, 3.8) is 0 Å². The molecule has 0 bridgehead atoms. The first-order valence-electron chi connectivity index (χ1n) is 4.17. The Balaban J connectivity index is 2.89. The highest BCUT2D eigenvalue weighted by Crippen LogP contribution is 2.24. The largest absolute Gasteiger partial charge is 0.560 e. The predicted octanol–water partition coefficient (Wildman–Crippen LogP) is -0.585. The molecule has 5 heteroatoms. The standard InChI is InChI=1S/C7H18BN2O2/c1-9(2)5-6-10(3,4)8(9)7(11)12/h11-12H,5-6H2,1-4H3/q+1. The Morgan fingerprint density at radius 1 is 1.00 bits per heavy atom. The van der Waals surface area contributed by atoms with E-state index in [9.17, 15) is 0 Å². The van der Waals surface area contributed by atoms with E-state index in [0.29, 0.717) is 8.79 Å². The molecule has 4 nitrogen and oxygen atoms in total. The van der Waals surface area contributed by atoms with Crippen LogP contribution in [0.2, 0.25) is 0 Å². The van der Waals surface area contributed by atoms with E-state index >= 15 is 0 Å². The number of hydrogen-bond acceptors (Lipinski definition) is 2. The normalized spacial score (nSPS) is 26.8. The molecule has 70 valence electrons. The number of quaternary nitrogens is 2. The maximum atomic E-state index is 9.16. The van der Waals surface area contributed by atoms with Crippen molar-refractivity contribution in [2.75, 3.05) is 41.3 Å². The minimum Gasteiger partial charge on any atom is -0.530 e. The molecule has 0 amide bonds. The maximum absolute atomic E-state index is 9.16. The molecule has 1 heterocycles. The van der Waals surface area contributed by atoms with Crippen molar-refractivity contribution >= 4 is 6.98 Å². The fraction of sp³-hybridized carbons (Fsp3) is 0.857. The minimum absolute atomic E-state index is 0.204. The molecule has 12 heavy (non-hydrogen) atoms. The van der Waals surface area contributed by atoms with Crippen LogP contribution >= 0.6 is 0 Å². The second-order valence-corrected chi connectivity index (χ2v) is 4.74. The third-order valence-corrected chi connectivity index (χ3v) is 2.81. The third-order valence-electron chi connectivity index (χ3n) is 2.81. The van der Waals surface area contributed by atoms with Gasteiger partial charge in [-0.15, -0.1) is 0 Å². The summed E-state index contributed by atoms with van der Waals surface area (Å²) in [5.74, 6) is 0. The Bertz CT molecular complexity index is 166. The summed E-state index contributed by atoms with van der Waals surface area (Å²) in [6.45, 7) is 1.75. The molecule has 2 N–H and O–H groups in total. The minimum atomic E-state index is -0.442. The number of nitrogens with zero attached hydrogens (tertiary/aromatic N) is 2. The van der Waals surface area contributed by atoms with Crippen molar-refractivity contribution in [1.29, 1.82) is 0 Å². The van der Waals surface area contributed by atoms with Gasteiger partial charge in [0, 0.05) is 6.19 Å². The first kappa shape index (κ1) is 9.99. The van der Waals surface area contributed by atoms with Crippen molar-refractivity contribution in [2.24, 2.45) is 0 Å². The lowest BCUT2D eigenvalue weighted by atomic mass is 9.68. The van der Waals surface area contributed by atoms with Crippen LogP contribution in [0.4, 0.5) is 0 Å². The van der Waals surface area contributed by atoms with Crippen LogP contribution in [-0.2, 0) is 0 Å². The van der Waals surface area contributed by atoms with Gasteiger partial charge in [-0.25, -0.2) is 0 Å². The first-order chi connectivity index (χ1) is 5.27. The monoisotopic (exact) mass is 173 g/mol. The molecule has 0 aromatic rings. The molecular formula is C7H18BN2O2+. The van der Waals surface area contributed by atoms with Gasteiger partial charge >= 0.3 is 6.98 Å². The Morgan fingerprint density at radius 2 is 1.33 bits per heavy atom. The highest BCUT2D eigenvalue weighted by atomic mass is 16.5. The molecule has 0 aromatic carbocycles. The summed E-state index contributed by atoms with van der Waals surface area (Å²) >= 11 is 0. The van der Waals surface area contributed by atoms with E-state index in [1.54, 1.807) is 0 Å². The molecule has 1 saturated heterocycles. The van der Waals surface area contributed by atoms with Crippen LogP contribution in [0.15, 0.2) is 0 Å². The summed E-state index contributed by atoms with van der Waals surface area (Å²) in [7, 11) is 8.07. The van der Waals surface area contributed by atoms with Gasteiger partial charge in [-0.05, 0) is 0 Å². The van der Waals surface area contributed by atoms with E-state index in [1.165, 1.54) is 0 Å². The smallest absolute Gasteiger partial charge is 0.530 e. The van der Waals surface area contributed by atoms with Gasteiger partial charge in [0.1, 0.15) is 13.1 Å². The summed E-state index contributed by atoms with van der Waals surface area (Å²) in [4.78, 5) is 0. The molecule has 1 rings (SSSR count). The fourth-order valence-corrected chi connectivity index (χ4v) is 2.23. The van der Waals surface area contributed by atoms with Crippen molar-refractivity contribution in [1.82, 2.24) is 0 Å². The summed E-state index contributed by atoms with van der Waals surface area (Å²) in [6, 6.07) is 0. The van der Waals surface area contributed by atoms with Crippen LogP contribution in [0, 0.1) is 6.19 Å². The number of hydrogen-bond donors (Lipinski definition) is 2.